The van der Waals surface area contributed by atoms with E-state index < -0.39 is 0 Å². The number of rotatable bonds is 8. The van der Waals surface area contributed by atoms with Crippen molar-refractivity contribution in [3.05, 3.63) is 70.8 Å². The van der Waals surface area contributed by atoms with E-state index in [9.17, 15) is 4.79 Å². The number of esters is 1. The van der Waals surface area contributed by atoms with Gasteiger partial charge in [0.2, 0.25) is 0 Å². The zero-order valence-corrected chi connectivity index (χ0v) is 15.5. The van der Waals surface area contributed by atoms with Crippen molar-refractivity contribution in [2.45, 2.75) is 45.1 Å². The smallest absolute Gasteiger partial charge is 0.343 e. The molecule has 0 amide bonds. The summed E-state index contributed by atoms with van der Waals surface area (Å²) in [5.74, 6) is 0.227. The fraction of sp³-hybridized carbons (Fsp3) is 0.348. The molecule has 0 radical (unpaired) electrons. The van der Waals surface area contributed by atoms with Crippen molar-refractivity contribution < 1.29 is 14.3 Å². The minimum Gasteiger partial charge on any atom is -0.423 e. The molecule has 0 N–H and O–H groups in total. The fourth-order valence-electron chi connectivity index (χ4n) is 3.31. The van der Waals surface area contributed by atoms with E-state index in [1.165, 1.54) is 31.2 Å². The Hall–Kier alpha value is -2.39. The lowest BCUT2D eigenvalue weighted by Gasteiger charge is -2.14. The fourth-order valence-corrected chi connectivity index (χ4v) is 3.31. The van der Waals surface area contributed by atoms with Gasteiger partial charge < -0.3 is 9.47 Å². The molecule has 2 aromatic rings. The van der Waals surface area contributed by atoms with Crippen LogP contribution < -0.4 is 4.74 Å². The zero-order valence-electron chi connectivity index (χ0n) is 15.5. The molecule has 0 aliphatic heterocycles. The maximum atomic E-state index is 12.5. The number of methoxy groups -OCH3 is 1. The Balaban J connectivity index is 1.65. The Morgan fingerprint density at radius 3 is 2.58 bits per heavy atom. The van der Waals surface area contributed by atoms with Crippen molar-refractivity contribution in [3.63, 3.8) is 0 Å². The number of hydrogen-bond acceptors (Lipinski definition) is 3. The molecule has 3 rings (SSSR count). The lowest BCUT2D eigenvalue weighted by atomic mass is 10.0. The normalized spacial score (nSPS) is 15.1. The third-order valence-electron chi connectivity index (χ3n) is 4.80. The first-order valence-electron chi connectivity index (χ1n) is 9.38. The van der Waals surface area contributed by atoms with E-state index in [1.807, 2.05) is 54.6 Å². The molecule has 2 aromatic carbocycles. The third kappa shape index (κ3) is 4.23. The van der Waals surface area contributed by atoms with E-state index in [0.717, 1.165) is 17.5 Å². The van der Waals surface area contributed by atoms with Crippen molar-refractivity contribution in [2.75, 3.05) is 7.11 Å². The number of hydrogen-bond donors (Lipinski definition) is 0. The van der Waals surface area contributed by atoms with Crippen LogP contribution in [0, 0.1) is 0 Å². The van der Waals surface area contributed by atoms with Crippen molar-refractivity contribution in [1.29, 1.82) is 0 Å². The van der Waals surface area contributed by atoms with Gasteiger partial charge in [-0.25, -0.2) is 4.79 Å². The number of fused-ring (bicyclic) bond motifs is 1. The molecule has 0 aromatic heterocycles. The standard InChI is InChI=1S/C23H26O3/c1-3-4-5-6-8-17-11-13-19(14-12-17)23(24)26-21-10-7-9-18-15-16-20(25-2)22(18)21/h7,9-16,20H,3-6,8H2,1-2H3. The molecular weight excluding hydrogens is 324 g/mol. The topological polar surface area (TPSA) is 35.5 Å². The van der Waals surface area contributed by atoms with Gasteiger partial charge >= 0.3 is 5.97 Å². The monoisotopic (exact) mass is 350 g/mol. The quantitative estimate of drug-likeness (QED) is 0.346. The largest absolute Gasteiger partial charge is 0.423 e. The Labute approximate surface area is 155 Å². The van der Waals surface area contributed by atoms with Gasteiger partial charge in [-0.05, 0) is 42.2 Å². The van der Waals surface area contributed by atoms with Gasteiger partial charge in [0.1, 0.15) is 11.9 Å². The second kappa shape index (κ2) is 8.81. The van der Waals surface area contributed by atoms with Crippen LogP contribution in [0.3, 0.4) is 0 Å². The van der Waals surface area contributed by atoms with Crippen molar-refractivity contribution in [2.24, 2.45) is 0 Å². The van der Waals surface area contributed by atoms with E-state index in [4.69, 9.17) is 9.47 Å². The maximum absolute atomic E-state index is 12.5. The van der Waals surface area contributed by atoms with Gasteiger partial charge in [-0.1, -0.05) is 62.6 Å². The van der Waals surface area contributed by atoms with E-state index in [-0.39, 0.29) is 12.1 Å². The maximum Gasteiger partial charge on any atom is 0.343 e. The Kier molecular flexibility index (Phi) is 6.24. The van der Waals surface area contributed by atoms with Gasteiger partial charge in [-0.15, -0.1) is 0 Å². The molecular formula is C23H26O3. The Bertz CT molecular complexity index is 775. The predicted octanol–water partition coefficient (Wildman–Crippen LogP) is 5.74. The van der Waals surface area contributed by atoms with Crippen LogP contribution in [0.4, 0.5) is 0 Å². The van der Waals surface area contributed by atoms with Crippen molar-refractivity contribution in [3.8, 4) is 5.75 Å². The molecule has 1 atom stereocenters. The van der Waals surface area contributed by atoms with Crippen LogP contribution in [0.1, 0.15) is 65.8 Å². The summed E-state index contributed by atoms with van der Waals surface area (Å²) in [6.45, 7) is 2.22. The van der Waals surface area contributed by atoms with Crippen LogP contribution in [-0.2, 0) is 11.2 Å². The minimum absolute atomic E-state index is 0.167. The first-order valence-corrected chi connectivity index (χ1v) is 9.38. The number of aryl methyl sites for hydroxylation is 1. The molecule has 1 aliphatic carbocycles. The number of unbranched alkanes of at least 4 members (excludes halogenated alkanes) is 3. The highest BCUT2D eigenvalue weighted by atomic mass is 16.5. The van der Waals surface area contributed by atoms with Crippen LogP contribution >= 0.6 is 0 Å². The lowest BCUT2D eigenvalue weighted by molar-refractivity contribution is 0.0725. The summed E-state index contributed by atoms with van der Waals surface area (Å²) in [6, 6.07) is 13.5. The first kappa shape index (κ1) is 18.4. The third-order valence-corrected chi connectivity index (χ3v) is 4.80. The molecule has 0 spiro atoms. The Morgan fingerprint density at radius 2 is 1.85 bits per heavy atom. The average molecular weight is 350 g/mol. The van der Waals surface area contributed by atoms with Crippen LogP contribution in [0.15, 0.2) is 48.5 Å². The SMILES string of the molecule is CCCCCCc1ccc(C(=O)Oc2cccc3c2C(OC)C=C3)cc1. The predicted molar refractivity (Wildman–Crippen MR) is 104 cm³/mol. The molecule has 26 heavy (non-hydrogen) atoms. The first-order chi connectivity index (χ1) is 12.7. The molecule has 3 heteroatoms. The van der Waals surface area contributed by atoms with Crippen LogP contribution in [0.2, 0.25) is 0 Å². The summed E-state index contributed by atoms with van der Waals surface area (Å²) in [5.41, 5.74) is 3.78. The second-order valence-corrected chi connectivity index (χ2v) is 6.67. The summed E-state index contributed by atoms with van der Waals surface area (Å²) in [6.07, 6.45) is 9.83. The second-order valence-electron chi connectivity index (χ2n) is 6.67. The summed E-state index contributed by atoms with van der Waals surface area (Å²) in [5, 5.41) is 0. The van der Waals surface area contributed by atoms with Gasteiger partial charge in [0.05, 0.1) is 5.56 Å². The average Bonchev–Trinajstić information content (AvgIpc) is 3.10. The van der Waals surface area contributed by atoms with Gasteiger partial charge in [-0.3, -0.25) is 0 Å². The van der Waals surface area contributed by atoms with E-state index in [1.54, 1.807) is 7.11 Å². The van der Waals surface area contributed by atoms with Gasteiger partial charge in [-0.2, -0.15) is 0 Å². The van der Waals surface area contributed by atoms with E-state index in [2.05, 4.69) is 6.92 Å². The molecule has 136 valence electrons. The van der Waals surface area contributed by atoms with E-state index >= 15 is 0 Å². The van der Waals surface area contributed by atoms with E-state index in [0.29, 0.717) is 11.3 Å². The highest BCUT2D eigenvalue weighted by Gasteiger charge is 2.23. The van der Waals surface area contributed by atoms with Crippen molar-refractivity contribution in [1.82, 2.24) is 0 Å². The molecule has 0 heterocycles. The number of ether oxygens (including phenoxy) is 2. The number of carbonyl (C=O) groups is 1. The highest BCUT2D eigenvalue weighted by molar-refractivity contribution is 5.91. The molecule has 0 bridgehead atoms. The van der Waals surface area contributed by atoms with Gasteiger partial charge in [0.15, 0.2) is 0 Å². The molecule has 1 aliphatic rings. The van der Waals surface area contributed by atoms with Gasteiger partial charge in [0, 0.05) is 12.7 Å². The molecule has 3 nitrogen and oxygen atoms in total. The zero-order chi connectivity index (χ0) is 18.4. The summed E-state index contributed by atoms with van der Waals surface area (Å²) in [7, 11) is 1.65. The van der Waals surface area contributed by atoms with Crippen LogP contribution in [-0.4, -0.2) is 13.1 Å². The summed E-state index contributed by atoms with van der Waals surface area (Å²) < 4.78 is 11.1. The summed E-state index contributed by atoms with van der Waals surface area (Å²) in [4.78, 5) is 12.5. The lowest BCUT2D eigenvalue weighted by Crippen LogP contribution is -2.11. The number of carbonyl (C=O) groups excluding carboxylic acids is 1. The Morgan fingerprint density at radius 1 is 1.04 bits per heavy atom. The summed E-state index contributed by atoms with van der Waals surface area (Å²) >= 11 is 0. The van der Waals surface area contributed by atoms with Crippen LogP contribution in [0.5, 0.6) is 5.75 Å². The van der Waals surface area contributed by atoms with Crippen molar-refractivity contribution >= 4 is 12.0 Å². The molecule has 1 unspecified atom stereocenters. The molecule has 0 fully saturated rings. The van der Waals surface area contributed by atoms with Gasteiger partial charge in [0.25, 0.3) is 0 Å². The molecule has 0 saturated heterocycles. The minimum atomic E-state index is -0.335. The number of benzene rings is 2. The van der Waals surface area contributed by atoms with Crippen LogP contribution in [0.25, 0.3) is 6.08 Å². The highest BCUT2D eigenvalue weighted by Crippen LogP contribution is 2.37. The molecule has 0 saturated carbocycles.